The summed E-state index contributed by atoms with van der Waals surface area (Å²) in [6.07, 6.45) is 8.78. The lowest BCUT2D eigenvalue weighted by molar-refractivity contribution is 0.275. The molecule has 25 heavy (non-hydrogen) atoms. The van der Waals surface area contributed by atoms with E-state index >= 15 is 0 Å². The first-order valence-electron chi connectivity index (χ1n) is 8.24. The van der Waals surface area contributed by atoms with E-state index in [1.54, 1.807) is 18.6 Å². The third-order valence-corrected chi connectivity index (χ3v) is 3.64. The van der Waals surface area contributed by atoms with Crippen LogP contribution in [0.4, 0.5) is 11.8 Å². The van der Waals surface area contributed by atoms with Crippen LogP contribution in [-0.4, -0.2) is 32.7 Å². The van der Waals surface area contributed by atoms with Gasteiger partial charge in [-0.25, -0.2) is 4.98 Å². The van der Waals surface area contributed by atoms with Crippen molar-refractivity contribution in [3.8, 4) is 5.75 Å². The van der Waals surface area contributed by atoms with Gasteiger partial charge in [0, 0.05) is 25.0 Å². The summed E-state index contributed by atoms with van der Waals surface area (Å²) < 4.78 is 5.83. The van der Waals surface area contributed by atoms with Crippen LogP contribution in [0.3, 0.4) is 0 Å². The number of pyridine rings is 1. The molecule has 0 bridgehead atoms. The number of anilines is 2. The molecule has 0 saturated heterocycles. The monoisotopic (exact) mass is 365 g/mol. The van der Waals surface area contributed by atoms with Crippen LogP contribution in [0, 0.1) is 0 Å². The topological polar surface area (TPSA) is 106 Å². The standard InChI is InChI=1S/C17H25N5O2.H2S/c1-2-3-4-14(7-10-23)21-16-15(11-20-17(18)22-16)24-12-13-5-8-19-9-6-13;/h5-6,8-9,11,14,23H,2-4,7,10,12H2,1H3,(H3,18,20,21,22);1H2/t14-;/m0./s1. The minimum Gasteiger partial charge on any atom is -0.483 e. The molecular weight excluding hydrogens is 338 g/mol. The van der Waals surface area contributed by atoms with E-state index in [4.69, 9.17) is 10.5 Å². The number of aliphatic hydroxyl groups is 1. The molecule has 8 heteroatoms. The number of rotatable bonds is 10. The highest BCUT2D eigenvalue weighted by Crippen LogP contribution is 2.25. The third-order valence-electron chi connectivity index (χ3n) is 3.64. The fraction of sp³-hybridized carbons (Fsp3) is 0.471. The Hall–Kier alpha value is -2.06. The lowest BCUT2D eigenvalue weighted by Gasteiger charge is -2.20. The molecule has 0 radical (unpaired) electrons. The fourth-order valence-corrected chi connectivity index (χ4v) is 2.32. The number of aromatic nitrogens is 3. The molecule has 0 saturated carbocycles. The second kappa shape index (κ2) is 11.5. The highest BCUT2D eigenvalue weighted by atomic mass is 32.1. The van der Waals surface area contributed by atoms with Gasteiger partial charge in [0.1, 0.15) is 6.61 Å². The molecule has 0 aromatic carbocycles. The van der Waals surface area contributed by atoms with E-state index in [9.17, 15) is 5.11 Å². The minimum atomic E-state index is 0. The zero-order valence-corrected chi connectivity index (χ0v) is 15.5. The van der Waals surface area contributed by atoms with Crippen LogP contribution in [0.2, 0.25) is 0 Å². The van der Waals surface area contributed by atoms with Gasteiger partial charge in [0.25, 0.3) is 0 Å². The lowest BCUT2D eigenvalue weighted by Crippen LogP contribution is -2.22. The lowest BCUT2D eigenvalue weighted by atomic mass is 10.1. The van der Waals surface area contributed by atoms with Gasteiger partial charge in [0.2, 0.25) is 5.95 Å². The number of ether oxygens (including phenoxy) is 1. The average Bonchev–Trinajstić information content (AvgIpc) is 2.60. The van der Waals surface area contributed by atoms with Gasteiger partial charge in [-0.2, -0.15) is 18.5 Å². The summed E-state index contributed by atoms with van der Waals surface area (Å²) in [5, 5.41) is 12.6. The van der Waals surface area contributed by atoms with Crippen molar-refractivity contribution in [1.29, 1.82) is 0 Å². The first-order valence-corrected chi connectivity index (χ1v) is 8.24. The van der Waals surface area contributed by atoms with E-state index in [-0.39, 0.29) is 32.1 Å². The molecule has 0 aliphatic rings. The van der Waals surface area contributed by atoms with Gasteiger partial charge < -0.3 is 20.9 Å². The SMILES string of the molecule is CCCC[C@@H](CCO)Nc1nc(N)ncc1OCc1ccncc1.S. The van der Waals surface area contributed by atoms with Crippen LogP contribution in [-0.2, 0) is 6.61 Å². The summed E-state index contributed by atoms with van der Waals surface area (Å²) in [4.78, 5) is 12.2. The number of aliphatic hydroxyl groups excluding tert-OH is 1. The van der Waals surface area contributed by atoms with Crippen LogP contribution in [0.25, 0.3) is 0 Å². The van der Waals surface area contributed by atoms with Crippen molar-refractivity contribution in [2.75, 3.05) is 17.7 Å². The molecule has 0 fully saturated rings. The molecule has 0 unspecified atom stereocenters. The molecule has 4 N–H and O–H groups in total. The van der Waals surface area contributed by atoms with Gasteiger partial charge in [-0.3, -0.25) is 4.98 Å². The number of hydrogen-bond donors (Lipinski definition) is 3. The predicted octanol–water partition coefficient (Wildman–Crippen LogP) is 2.50. The minimum absolute atomic E-state index is 0. The van der Waals surface area contributed by atoms with Crippen molar-refractivity contribution in [3.63, 3.8) is 0 Å². The van der Waals surface area contributed by atoms with E-state index in [1.165, 1.54) is 0 Å². The molecule has 2 heterocycles. The second-order valence-corrected chi connectivity index (χ2v) is 5.58. The smallest absolute Gasteiger partial charge is 0.222 e. The normalized spacial score (nSPS) is 11.4. The van der Waals surface area contributed by atoms with Gasteiger partial charge in [0.05, 0.1) is 6.20 Å². The summed E-state index contributed by atoms with van der Waals surface area (Å²) in [5.41, 5.74) is 6.71. The van der Waals surface area contributed by atoms with Crippen LogP contribution < -0.4 is 15.8 Å². The Balaban J connectivity index is 0.00000312. The van der Waals surface area contributed by atoms with Crippen LogP contribution in [0.1, 0.15) is 38.2 Å². The van der Waals surface area contributed by atoms with E-state index in [0.717, 1.165) is 24.8 Å². The molecule has 0 spiro atoms. The maximum atomic E-state index is 9.26. The Morgan fingerprint density at radius 2 is 2.04 bits per heavy atom. The van der Waals surface area contributed by atoms with Gasteiger partial charge in [-0.15, -0.1) is 0 Å². The van der Waals surface area contributed by atoms with Crippen molar-refractivity contribution >= 4 is 25.3 Å². The number of nitrogens with one attached hydrogen (secondary N) is 1. The Labute approximate surface area is 155 Å². The third kappa shape index (κ3) is 7.15. The van der Waals surface area contributed by atoms with Crippen molar-refractivity contribution < 1.29 is 9.84 Å². The Bertz CT molecular complexity index is 615. The summed E-state index contributed by atoms with van der Waals surface area (Å²) in [5.74, 6) is 1.29. The zero-order valence-electron chi connectivity index (χ0n) is 14.5. The highest BCUT2D eigenvalue weighted by molar-refractivity contribution is 7.59. The first-order chi connectivity index (χ1) is 11.7. The van der Waals surface area contributed by atoms with E-state index in [2.05, 4.69) is 27.2 Å². The maximum absolute atomic E-state index is 9.26. The number of nitrogen functional groups attached to an aromatic ring is 1. The van der Waals surface area contributed by atoms with Crippen molar-refractivity contribution in [2.45, 2.75) is 45.3 Å². The molecule has 2 aromatic rings. The zero-order chi connectivity index (χ0) is 17.2. The molecule has 1 atom stereocenters. The number of unbranched alkanes of at least 4 members (excludes halogenated alkanes) is 1. The molecule has 7 nitrogen and oxygen atoms in total. The summed E-state index contributed by atoms with van der Waals surface area (Å²) >= 11 is 0. The second-order valence-electron chi connectivity index (χ2n) is 5.58. The van der Waals surface area contributed by atoms with Crippen molar-refractivity contribution in [1.82, 2.24) is 15.0 Å². The molecular formula is C17H27N5O2S. The summed E-state index contributed by atoms with van der Waals surface area (Å²) in [6, 6.07) is 3.90. The van der Waals surface area contributed by atoms with E-state index < -0.39 is 0 Å². The van der Waals surface area contributed by atoms with Gasteiger partial charge in [-0.05, 0) is 30.5 Å². The van der Waals surface area contributed by atoms with Crippen LogP contribution in [0.15, 0.2) is 30.7 Å². The number of hydrogen-bond acceptors (Lipinski definition) is 7. The highest BCUT2D eigenvalue weighted by Gasteiger charge is 2.14. The Morgan fingerprint density at radius 1 is 1.28 bits per heavy atom. The summed E-state index contributed by atoms with van der Waals surface area (Å²) in [6.45, 7) is 2.65. The van der Waals surface area contributed by atoms with Crippen molar-refractivity contribution in [2.24, 2.45) is 0 Å². The molecule has 0 aliphatic heterocycles. The average molecular weight is 366 g/mol. The van der Waals surface area contributed by atoms with E-state index in [0.29, 0.717) is 24.6 Å². The first kappa shape index (κ1) is 21.0. The van der Waals surface area contributed by atoms with Gasteiger partial charge >= 0.3 is 0 Å². The van der Waals surface area contributed by atoms with Gasteiger partial charge in [0.15, 0.2) is 11.6 Å². The molecule has 2 rings (SSSR count). The number of nitrogens with zero attached hydrogens (tertiary/aromatic N) is 3. The molecule has 0 aliphatic carbocycles. The summed E-state index contributed by atoms with van der Waals surface area (Å²) in [7, 11) is 0. The quantitative estimate of drug-likeness (QED) is 0.594. The fourth-order valence-electron chi connectivity index (χ4n) is 2.32. The van der Waals surface area contributed by atoms with Crippen LogP contribution in [0.5, 0.6) is 5.75 Å². The largest absolute Gasteiger partial charge is 0.483 e. The van der Waals surface area contributed by atoms with Gasteiger partial charge in [-0.1, -0.05) is 19.8 Å². The predicted molar refractivity (Wildman–Crippen MR) is 104 cm³/mol. The maximum Gasteiger partial charge on any atom is 0.222 e. The van der Waals surface area contributed by atoms with Crippen LogP contribution >= 0.6 is 13.5 Å². The van der Waals surface area contributed by atoms with E-state index in [1.807, 2.05) is 12.1 Å². The Kier molecular flexibility index (Phi) is 9.64. The molecule has 2 aromatic heterocycles. The van der Waals surface area contributed by atoms with Crippen molar-refractivity contribution in [3.05, 3.63) is 36.3 Å². The molecule has 0 amide bonds. The molecule has 138 valence electrons. The number of nitrogens with two attached hydrogens (primary N) is 1. The Morgan fingerprint density at radius 3 is 2.72 bits per heavy atom.